The molecular formula is C12H20N2O3. The Labute approximate surface area is 101 Å². The average molecular weight is 240 g/mol. The molecule has 0 aromatic heterocycles. The van der Waals surface area contributed by atoms with E-state index in [1.807, 2.05) is 9.80 Å². The summed E-state index contributed by atoms with van der Waals surface area (Å²) in [5, 5.41) is 9.11. The van der Waals surface area contributed by atoms with Crippen LogP contribution in [-0.2, 0) is 9.59 Å². The molecule has 1 N–H and O–H groups in total. The van der Waals surface area contributed by atoms with E-state index in [-0.39, 0.29) is 5.91 Å². The number of hydrogen-bond donors (Lipinski definition) is 1. The van der Waals surface area contributed by atoms with Gasteiger partial charge in [0, 0.05) is 19.6 Å². The van der Waals surface area contributed by atoms with Gasteiger partial charge in [-0.15, -0.1) is 0 Å². The molecule has 5 nitrogen and oxygen atoms in total. The molecule has 2 heterocycles. The van der Waals surface area contributed by atoms with E-state index >= 15 is 0 Å². The molecule has 0 aromatic carbocycles. The molecule has 0 aromatic rings. The minimum Gasteiger partial charge on any atom is -0.481 e. The lowest BCUT2D eigenvalue weighted by molar-refractivity contribution is -0.147. The summed E-state index contributed by atoms with van der Waals surface area (Å²) in [7, 11) is 0. The van der Waals surface area contributed by atoms with E-state index < -0.39 is 11.4 Å². The molecule has 0 saturated carbocycles. The van der Waals surface area contributed by atoms with Crippen molar-refractivity contribution in [2.45, 2.75) is 26.2 Å². The third-order valence-corrected chi connectivity index (χ3v) is 3.89. The molecule has 1 amide bonds. The van der Waals surface area contributed by atoms with E-state index in [0.29, 0.717) is 26.1 Å². The van der Waals surface area contributed by atoms with Gasteiger partial charge in [0.2, 0.25) is 5.91 Å². The Morgan fingerprint density at radius 2 is 1.88 bits per heavy atom. The molecule has 96 valence electrons. The summed E-state index contributed by atoms with van der Waals surface area (Å²) in [5.74, 6) is -0.606. The predicted molar refractivity (Wildman–Crippen MR) is 62.6 cm³/mol. The van der Waals surface area contributed by atoms with Crippen LogP contribution in [0.1, 0.15) is 26.2 Å². The summed E-state index contributed by atoms with van der Waals surface area (Å²) in [5.41, 5.74) is -0.675. The van der Waals surface area contributed by atoms with Gasteiger partial charge in [-0.25, -0.2) is 0 Å². The van der Waals surface area contributed by atoms with Gasteiger partial charge in [0.25, 0.3) is 0 Å². The molecule has 2 aliphatic rings. The van der Waals surface area contributed by atoms with E-state index in [0.717, 1.165) is 25.9 Å². The zero-order chi connectivity index (χ0) is 12.5. The second-order valence-electron chi connectivity index (χ2n) is 5.41. The summed E-state index contributed by atoms with van der Waals surface area (Å²) in [4.78, 5) is 26.9. The first-order chi connectivity index (χ1) is 8.01. The number of rotatable bonds is 3. The molecule has 2 aliphatic heterocycles. The Morgan fingerprint density at radius 3 is 2.41 bits per heavy atom. The van der Waals surface area contributed by atoms with Crippen LogP contribution in [0.15, 0.2) is 0 Å². The fourth-order valence-electron chi connectivity index (χ4n) is 2.62. The third-order valence-electron chi connectivity index (χ3n) is 3.89. The molecule has 17 heavy (non-hydrogen) atoms. The standard InChI is InChI=1S/C12H20N2O3/c1-12(11(16)17)4-7-13(9-12)8-10(15)14-5-2-3-6-14/h2-9H2,1H3,(H,16,17). The second-order valence-corrected chi connectivity index (χ2v) is 5.41. The number of nitrogens with zero attached hydrogens (tertiary/aromatic N) is 2. The Hall–Kier alpha value is -1.10. The molecule has 1 atom stereocenters. The largest absolute Gasteiger partial charge is 0.481 e. The van der Waals surface area contributed by atoms with Crippen LogP contribution in [0, 0.1) is 5.41 Å². The number of carboxylic acid groups (broad SMARTS) is 1. The maximum absolute atomic E-state index is 11.9. The molecule has 0 radical (unpaired) electrons. The number of amides is 1. The van der Waals surface area contributed by atoms with Crippen LogP contribution in [0.3, 0.4) is 0 Å². The van der Waals surface area contributed by atoms with Gasteiger partial charge in [-0.1, -0.05) is 0 Å². The molecule has 2 rings (SSSR count). The Bertz CT molecular complexity index is 326. The van der Waals surface area contributed by atoms with Crippen LogP contribution in [-0.4, -0.2) is 59.5 Å². The fraction of sp³-hybridized carbons (Fsp3) is 0.833. The lowest BCUT2D eigenvalue weighted by Crippen LogP contribution is -2.39. The molecule has 2 fully saturated rings. The van der Waals surface area contributed by atoms with Gasteiger partial charge in [-0.3, -0.25) is 14.5 Å². The van der Waals surface area contributed by atoms with Gasteiger partial charge < -0.3 is 10.0 Å². The second kappa shape index (κ2) is 4.64. The quantitative estimate of drug-likeness (QED) is 0.776. The smallest absolute Gasteiger partial charge is 0.310 e. The average Bonchev–Trinajstić information content (AvgIpc) is 2.88. The van der Waals surface area contributed by atoms with Gasteiger partial charge >= 0.3 is 5.97 Å². The summed E-state index contributed by atoms with van der Waals surface area (Å²) in [6.07, 6.45) is 2.83. The monoisotopic (exact) mass is 240 g/mol. The van der Waals surface area contributed by atoms with Crippen LogP contribution in [0.2, 0.25) is 0 Å². The normalized spacial score (nSPS) is 29.8. The first kappa shape index (κ1) is 12.4. The van der Waals surface area contributed by atoms with Crippen molar-refractivity contribution in [3.63, 3.8) is 0 Å². The Morgan fingerprint density at radius 1 is 1.24 bits per heavy atom. The SMILES string of the molecule is CC1(C(=O)O)CCN(CC(=O)N2CCCC2)C1. The van der Waals surface area contributed by atoms with Crippen molar-refractivity contribution in [3.8, 4) is 0 Å². The first-order valence-electron chi connectivity index (χ1n) is 6.25. The first-order valence-corrected chi connectivity index (χ1v) is 6.25. The van der Waals surface area contributed by atoms with Crippen molar-refractivity contribution in [2.75, 3.05) is 32.7 Å². The lowest BCUT2D eigenvalue weighted by Gasteiger charge is -2.22. The predicted octanol–water partition coefficient (Wildman–Crippen LogP) is 0.405. The van der Waals surface area contributed by atoms with Gasteiger partial charge in [0.05, 0.1) is 12.0 Å². The maximum Gasteiger partial charge on any atom is 0.310 e. The van der Waals surface area contributed by atoms with E-state index in [9.17, 15) is 9.59 Å². The zero-order valence-electron chi connectivity index (χ0n) is 10.3. The van der Waals surface area contributed by atoms with Gasteiger partial charge in [-0.05, 0) is 32.7 Å². The molecule has 5 heteroatoms. The molecule has 0 aliphatic carbocycles. The van der Waals surface area contributed by atoms with E-state index in [1.165, 1.54) is 0 Å². The van der Waals surface area contributed by atoms with E-state index in [2.05, 4.69) is 0 Å². The van der Waals surface area contributed by atoms with Crippen molar-refractivity contribution in [2.24, 2.45) is 5.41 Å². The fourth-order valence-corrected chi connectivity index (χ4v) is 2.62. The number of aliphatic carboxylic acids is 1. The van der Waals surface area contributed by atoms with Crippen molar-refractivity contribution < 1.29 is 14.7 Å². The summed E-state index contributed by atoms with van der Waals surface area (Å²) >= 11 is 0. The third kappa shape index (κ3) is 2.60. The Balaban J connectivity index is 1.85. The molecule has 0 bridgehead atoms. The van der Waals surface area contributed by atoms with Crippen LogP contribution >= 0.6 is 0 Å². The highest BCUT2D eigenvalue weighted by Gasteiger charge is 2.41. The van der Waals surface area contributed by atoms with E-state index in [1.54, 1.807) is 6.92 Å². The highest BCUT2D eigenvalue weighted by molar-refractivity contribution is 5.79. The van der Waals surface area contributed by atoms with Gasteiger partial charge in [-0.2, -0.15) is 0 Å². The molecular weight excluding hydrogens is 220 g/mol. The highest BCUT2D eigenvalue weighted by Crippen LogP contribution is 2.29. The van der Waals surface area contributed by atoms with Crippen LogP contribution < -0.4 is 0 Å². The van der Waals surface area contributed by atoms with Crippen molar-refractivity contribution in [1.82, 2.24) is 9.80 Å². The molecule has 2 saturated heterocycles. The lowest BCUT2D eigenvalue weighted by atomic mass is 9.90. The maximum atomic E-state index is 11.9. The van der Waals surface area contributed by atoms with Crippen molar-refractivity contribution in [3.05, 3.63) is 0 Å². The topological polar surface area (TPSA) is 60.9 Å². The van der Waals surface area contributed by atoms with Crippen LogP contribution in [0.4, 0.5) is 0 Å². The molecule has 0 spiro atoms. The summed E-state index contributed by atoms with van der Waals surface area (Å²) < 4.78 is 0. The van der Waals surface area contributed by atoms with Crippen molar-refractivity contribution in [1.29, 1.82) is 0 Å². The van der Waals surface area contributed by atoms with Gasteiger partial charge in [0.1, 0.15) is 0 Å². The zero-order valence-corrected chi connectivity index (χ0v) is 10.3. The minimum absolute atomic E-state index is 0.150. The van der Waals surface area contributed by atoms with E-state index in [4.69, 9.17) is 5.11 Å². The van der Waals surface area contributed by atoms with Crippen LogP contribution in [0.25, 0.3) is 0 Å². The van der Waals surface area contributed by atoms with Crippen molar-refractivity contribution >= 4 is 11.9 Å². The number of hydrogen-bond acceptors (Lipinski definition) is 3. The number of likely N-dealkylation sites (tertiary alicyclic amines) is 2. The van der Waals surface area contributed by atoms with Gasteiger partial charge in [0.15, 0.2) is 0 Å². The molecule has 1 unspecified atom stereocenters. The minimum atomic E-state index is -0.756. The Kier molecular flexibility index (Phi) is 3.38. The highest BCUT2D eigenvalue weighted by atomic mass is 16.4. The number of carboxylic acids is 1. The summed E-state index contributed by atoms with van der Waals surface area (Å²) in [6, 6.07) is 0. The van der Waals surface area contributed by atoms with Crippen LogP contribution in [0.5, 0.6) is 0 Å². The number of carbonyl (C=O) groups excluding carboxylic acids is 1. The summed E-state index contributed by atoms with van der Waals surface area (Å²) in [6.45, 7) is 5.06. The number of carbonyl (C=O) groups is 2.